The molecule has 1 aromatic carbocycles. The van der Waals surface area contributed by atoms with Crippen LogP contribution in [0.5, 0.6) is 0 Å². The molecule has 0 aromatic heterocycles. The maximum atomic E-state index is 13.7. The van der Waals surface area contributed by atoms with E-state index in [1.807, 2.05) is 6.92 Å². The molecular formula is C14H21F2NOS. The van der Waals surface area contributed by atoms with Crippen LogP contribution in [0.1, 0.15) is 30.5 Å². The number of thioether (sulfide) groups is 1. The molecule has 108 valence electrons. The Bertz CT molecular complexity index is 401. The highest BCUT2D eigenvalue weighted by Crippen LogP contribution is 2.20. The minimum Gasteiger partial charge on any atom is -0.396 e. The Morgan fingerprint density at radius 3 is 2.68 bits per heavy atom. The van der Waals surface area contributed by atoms with Crippen molar-refractivity contribution in [2.75, 3.05) is 24.7 Å². The summed E-state index contributed by atoms with van der Waals surface area (Å²) in [6.07, 6.45) is 0.790. The first kappa shape index (κ1) is 16.4. The summed E-state index contributed by atoms with van der Waals surface area (Å²) in [5.74, 6) is 1.06. The molecule has 1 atom stereocenters. The van der Waals surface area contributed by atoms with Crippen LogP contribution in [0.15, 0.2) is 12.1 Å². The lowest BCUT2D eigenvalue weighted by Crippen LogP contribution is -2.22. The van der Waals surface area contributed by atoms with E-state index in [1.165, 1.54) is 12.1 Å². The molecule has 1 unspecified atom stereocenters. The van der Waals surface area contributed by atoms with Gasteiger partial charge in [0.1, 0.15) is 11.6 Å². The lowest BCUT2D eigenvalue weighted by atomic mass is 10.1. The third kappa shape index (κ3) is 5.47. The smallest absolute Gasteiger partial charge is 0.128 e. The van der Waals surface area contributed by atoms with Crippen molar-refractivity contribution in [2.45, 2.75) is 26.3 Å². The summed E-state index contributed by atoms with van der Waals surface area (Å²) in [6, 6.07) is 2.29. The molecule has 5 heteroatoms. The van der Waals surface area contributed by atoms with Crippen LogP contribution in [0.3, 0.4) is 0 Å². The fourth-order valence-corrected chi connectivity index (χ4v) is 2.52. The zero-order chi connectivity index (χ0) is 14.3. The SMILES string of the molecule is Cc1cc(F)c(C(C)NCCSCCCO)cc1F. The second-order valence-corrected chi connectivity index (χ2v) is 5.71. The molecule has 1 aromatic rings. The molecule has 0 saturated heterocycles. The minimum absolute atomic E-state index is 0.213. The van der Waals surface area contributed by atoms with Gasteiger partial charge in [-0.15, -0.1) is 0 Å². The quantitative estimate of drug-likeness (QED) is 0.722. The van der Waals surface area contributed by atoms with Crippen LogP contribution in [-0.2, 0) is 0 Å². The molecule has 1 rings (SSSR count). The molecule has 0 spiro atoms. The molecule has 0 aliphatic carbocycles. The third-order valence-corrected chi connectivity index (χ3v) is 3.96. The first-order chi connectivity index (χ1) is 9.06. The Morgan fingerprint density at radius 2 is 2.00 bits per heavy atom. The lowest BCUT2D eigenvalue weighted by molar-refractivity contribution is 0.296. The van der Waals surface area contributed by atoms with E-state index in [9.17, 15) is 8.78 Å². The monoisotopic (exact) mass is 289 g/mol. The van der Waals surface area contributed by atoms with Crippen molar-refractivity contribution in [1.82, 2.24) is 5.32 Å². The average molecular weight is 289 g/mol. The van der Waals surface area contributed by atoms with Crippen LogP contribution in [0.4, 0.5) is 8.78 Å². The standard InChI is InChI=1S/C14H21F2NOS/c1-10-8-14(16)12(9-13(10)15)11(2)17-4-7-19-6-3-5-18/h8-9,11,17-18H,3-7H2,1-2H3. The van der Waals surface area contributed by atoms with Crippen LogP contribution in [0.25, 0.3) is 0 Å². The maximum absolute atomic E-state index is 13.7. The largest absolute Gasteiger partial charge is 0.396 e. The van der Waals surface area contributed by atoms with Crippen molar-refractivity contribution < 1.29 is 13.9 Å². The van der Waals surface area contributed by atoms with Gasteiger partial charge in [-0.25, -0.2) is 8.78 Å². The van der Waals surface area contributed by atoms with Gasteiger partial charge in [0.15, 0.2) is 0 Å². The van der Waals surface area contributed by atoms with Gasteiger partial charge in [0.25, 0.3) is 0 Å². The summed E-state index contributed by atoms with van der Waals surface area (Å²) >= 11 is 1.73. The van der Waals surface area contributed by atoms with Crippen molar-refractivity contribution in [3.8, 4) is 0 Å². The number of rotatable bonds is 8. The molecule has 2 nitrogen and oxygen atoms in total. The summed E-state index contributed by atoms with van der Waals surface area (Å²) in [5, 5.41) is 11.8. The molecule has 2 N–H and O–H groups in total. The highest BCUT2D eigenvalue weighted by Gasteiger charge is 2.13. The third-order valence-electron chi connectivity index (χ3n) is 2.89. The van der Waals surface area contributed by atoms with Gasteiger partial charge in [0.05, 0.1) is 0 Å². The van der Waals surface area contributed by atoms with E-state index in [0.717, 1.165) is 24.5 Å². The fraction of sp³-hybridized carbons (Fsp3) is 0.571. The Morgan fingerprint density at radius 1 is 1.26 bits per heavy atom. The second kappa shape index (κ2) is 8.51. The number of aliphatic hydroxyl groups excluding tert-OH is 1. The van der Waals surface area contributed by atoms with Gasteiger partial charge in [-0.1, -0.05) is 0 Å². The average Bonchev–Trinajstić information content (AvgIpc) is 2.37. The van der Waals surface area contributed by atoms with E-state index in [-0.39, 0.29) is 24.3 Å². The van der Waals surface area contributed by atoms with Crippen LogP contribution in [0.2, 0.25) is 0 Å². The van der Waals surface area contributed by atoms with Crippen LogP contribution in [-0.4, -0.2) is 29.8 Å². The molecule has 0 radical (unpaired) electrons. The molecule has 0 heterocycles. The predicted octanol–water partition coefficient (Wildman–Crippen LogP) is 3.04. The van der Waals surface area contributed by atoms with Gasteiger partial charge in [0.2, 0.25) is 0 Å². The van der Waals surface area contributed by atoms with E-state index in [1.54, 1.807) is 18.7 Å². The van der Waals surface area contributed by atoms with Crippen LogP contribution >= 0.6 is 11.8 Å². The highest BCUT2D eigenvalue weighted by molar-refractivity contribution is 7.99. The summed E-state index contributed by atoms with van der Waals surface area (Å²) in [7, 11) is 0. The molecule has 0 saturated carbocycles. The Labute approximate surface area is 117 Å². The zero-order valence-electron chi connectivity index (χ0n) is 11.4. The van der Waals surface area contributed by atoms with E-state index in [2.05, 4.69) is 5.32 Å². The Hall–Kier alpha value is -0.650. The van der Waals surface area contributed by atoms with E-state index in [4.69, 9.17) is 5.11 Å². The van der Waals surface area contributed by atoms with Gasteiger partial charge in [-0.2, -0.15) is 11.8 Å². The first-order valence-electron chi connectivity index (χ1n) is 6.43. The molecule has 0 fully saturated rings. The molecule has 0 bridgehead atoms. The van der Waals surface area contributed by atoms with E-state index in [0.29, 0.717) is 11.1 Å². The minimum atomic E-state index is -0.373. The van der Waals surface area contributed by atoms with Gasteiger partial charge in [-0.05, 0) is 43.7 Å². The summed E-state index contributed by atoms with van der Waals surface area (Å²) in [4.78, 5) is 0. The lowest BCUT2D eigenvalue weighted by Gasteiger charge is -2.15. The van der Waals surface area contributed by atoms with Crippen molar-refractivity contribution in [3.63, 3.8) is 0 Å². The number of hydrogen-bond donors (Lipinski definition) is 2. The molecule has 0 aliphatic heterocycles. The molecule has 19 heavy (non-hydrogen) atoms. The predicted molar refractivity (Wildman–Crippen MR) is 76.5 cm³/mol. The fourth-order valence-electron chi connectivity index (χ4n) is 1.72. The van der Waals surface area contributed by atoms with Gasteiger partial charge in [-0.3, -0.25) is 0 Å². The molecular weight excluding hydrogens is 268 g/mol. The van der Waals surface area contributed by atoms with Gasteiger partial charge in [0, 0.05) is 30.5 Å². The zero-order valence-corrected chi connectivity index (χ0v) is 12.2. The summed E-state index contributed by atoms with van der Waals surface area (Å²) < 4.78 is 27.1. The Kier molecular flexibility index (Phi) is 7.34. The van der Waals surface area contributed by atoms with Gasteiger partial charge < -0.3 is 10.4 Å². The van der Waals surface area contributed by atoms with E-state index >= 15 is 0 Å². The van der Waals surface area contributed by atoms with Crippen LogP contribution < -0.4 is 5.32 Å². The van der Waals surface area contributed by atoms with Crippen molar-refractivity contribution in [2.24, 2.45) is 0 Å². The van der Waals surface area contributed by atoms with E-state index < -0.39 is 0 Å². The summed E-state index contributed by atoms with van der Waals surface area (Å²) in [6.45, 7) is 4.32. The number of halogens is 2. The van der Waals surface area contributed by atoms with Crippen molar-refractivity contribution in [3.05, 3.63) is 34.9 Å². The molecule has 0 aliphatic rings. The number of aryl methyl sites for hydroxylation is 1. The first-order valence-corrected chi connectivity index (χ1v) is 7.59. The maximum Gasteiger partial charge on any atom is 0.128 e. The second-order valence-electron chi connectivity index (χ2n) is 4.49. The molecule has 0 amide bonds. The summed E-state index contributed by atoms with van der Waals surface area (Å²) in [5.41, 5.74) is 0.691. The highest BCUT2D eigenvalue weighted by atomic mass is 32.2. The normalized spacial score (nSPS) is 12.7. The van der Waals surface area contributed by atoms with Crippen molar-refractivity contribution in [1.29, 1.82) is 0 Å². The Balaban J connectivity index is 2.41. The number of aliphatic hydroxyl groups is 1. The van der Waals surface area contributed by atoms with Crippen LogP contribution in [0, 0.1) is 18.6 Å². The van der Waals surface area contributed by atoms with Gasteiger partial charge >= 0.3 is 0 Å². The number of nitrogens with one attached hydrogen (secondary N) is 1. The van der Waals surface area contributed by atoms with Crippen molar-refractivity contribution >= 4 is 11.8 Å². The number of hydrogen-bond acceptors (Lipinski definition) is 3. The topological polar surface area (TPSA) is 32.3 Å². The number of benzene rings is 1.